The van der Waals surface area contributed by atoms with Gasteiger partial charge in [-0.2, -0.15) is 0 Å². The molecule has 1 N–H and O–H groups in total. The molecular formula is C39H66O6. The summed E-state index contributed by atoms with van der Waals surface area (Å²) >= 11 is 0. The molecule has 0 unspecified atom stereocenters. The molecule has 0 saturated heterocycles. The normalized spacial score (nSPS) is 12.6. The molecule has 0 radical (unpaired) electrons. The van der Waals surface area contributed by atoms with Crippen molar-refractivity contribution >= 4 is 17.7 Å². The number of ether oxygens (including phenoxy) is 2. The van der Waals surface area contributed by atoms with E-state index in [1.54, 1.807) is 6.08 Å². The third kappa shape index (κ3) is 32.7. The highest BCUT2D eigenvalue weighted by molar-refractivity contribution is 5.89. The van der Waals surface area contributed by atoms with Gasteiger partial charge in [-0.3, -0.25) is 14.4 Å². The minimum atomic E-state index is -0.806. The summed E-state index contributed by atoms with van der Waals surface area (Å²) in [5, 5.41) is 9.51. The number of unbranched alkanes of at least 4 members (excludes halogenated alkanes) is 15. The third-order valence-corrected chi connectivity index (χ3v) is 7.60. The van der Waals surface area contributed by atoms with E-state index in [2.05, 4.69) is 38.2 Å². The number of ketones is 1. The minimum Gasteiger partial charge on any atom is -0.462 e. The summed E-state index contributed by atoms with van der Waals surface area (Å²) in [6, 6.07) is 0. The molecule has 0 rings (SSSR count). The van der Waals surface area contributed by atoms with Gasteiger partial charge >= 0.3 is 11.9 Å². The van der Waals surface area contributed by atoms with Gasteiger partial charge < -0.3 is 14.6 Å². The van der Waals surface area contributed by atoms with Crippen LogP contribution in [0.15, 0.2) is 48.6 Å². The number of hydrogen-bond donors (Lipinski definition) is 1. The molecule has 0 aliphatic carbocycles. The predicted octanol–water partition coefficient (Wildman–Crippen LogP) is 10.2. The van der Waals surface area contributed by atoms with Crippen LogP contribution in [0, 0.1) is 0 Å². The number of carbonyl (C=O) groups excluding carboxylic acids is 3. The van der Waals surface area contributed by atoms with E-state index < -0.39 is 6.10 Å². The second-order valence-corrected chi connectivity index (χ2v) is 12.0. The first-order chi connectivity index (χ1) is 22.0. The van der Waals surface area contributed by atoms with Gasteiger partial charge in [-0.05, 0) is 44.6 Å². The first-order valence-corrected chi connectivity index (χ1v) is 18.1. The maximum atomic E-state index is 12.1. The van der Waals surface area contributed by atoms with Crippen molar-refractivity contribution in [2.24, 2.45) is 0 Å². The van der Waals surface area contributed by atoms with E-state index in [0.717, 1.165) is 57.8 Å². The monoisotopic (exact) mass is 630 g/mol. The van der Waals surface area contributed by atoms with Crippen LogP contribution in [0.4, 0.5) is 0 Å². The summed E-state index contributed by atoms with van der Waals surface area (Å²) in [6.07, 6.45) is 38.6. The highest BCUT2D eigenvalue weighted by atomic mass is 16.6. The van der Waals surface area contributed by atoms with Gasteiger partial charge in [0.1, 0.15) is 6.61 Å². The Morgan fingerprint density at radius 3 is 1.71 bits per heavy atom. The van der Waals surface area contributed by atoms with E-state index in [-0.39, 0.29) is 37.4 Å². The first-order valence-electron chi connectivity index (χ1n) is 18.1. The zero-order chi connectivity index (χ0) is 33.1. The average molecular weight is 631 g/mol. The van der Waals surface area contributed by atoms with Crippen molar-refractivity contribution in [3.8, 4) is 0 Å². The number of esters is 2. The predicted molar refractivity (Wildman–Crippen MR) is 187 cm³/mol. The van der Waals surface area contributed by atoms with E-state index in [4.69, 9.17) is 9.47 Å². The Hall–Kier alpha value is -2.47. The molecule has 0 aromatic heterocycles. The molecule has 0 spiro atoms. The molecule has 0 fully saturated rings. The Morgan fingerprint density at radius 2 is 1.09 bits per heavy atom. The van der Waals surface area contributed by atoms with Gasteiger partial charge in [0, 0.05) is 19.3 Å². The molecule has 6 heteroatoms. The Labute approximate surface area is 275 Å². The summed E-state index contributed by atoms with van der Waals surface area (Å²) in [4.78, 5) is 35.8. The van der Waals surface area contributed by atoms with Crippen molar-refractivity contribution in [2.75, 3.05) is 13.2 Å². The standard InChI is InChI=1S/C39H66O6/c1-3-5-7-8-9-10-11-12-15-19-22-25-29-33-39(43)45-37(34-40)35-44-38(42)32-28-24-21-18-16-13-14-17-20-23-27-31-36(41)30-26-6-4-2/h13-14,18,20-21,23,27,31,37,40H,3-12,15-17,19,22,24-26,28-30,32-35H2,1-2H3/b14-13-,21-18-,23-20-,31-27+/t37-/m0/s1. The van der Waals surface area contributed by atoms with E-state index in [1.165, 1.54) is 64.2 Å². The molecule has 0 aliphatic rings. The summed E-state index contributed by atoms with van der Waals surface area (Å²) < 4.78 is 10.5. The number of allylic oxidation sites excluding steroid dienone is 8. The summed E-state index contributed by atoms with van der Waals surface area (Å²) in [6.45, 7) is 3.91. The number of aliphatic hydroxyl groups is 1. The average Bonchev–Trinajstić information content (AvgIpc) is 3.03. The number of carbonyl (C=O) groups is 3. The lowest BCUT2D eigenvalue weighted by molar-refractivity contribution is -0.161. The second-order valence-electron chi connectivity index (χ2n) is 12.0. The summed E-state index contributed by atoms with van der Waals surface area (Å²) in [5.74, 6) is -0.505. The maximum Gasteiger partial charge on any atom is 0.306 e. The maximum absolute atomic E-state index is 12.1. The SMILES string of the molecule is CCCCCCCCCCCCCCCC(=O)O[C@@H](CO)COC(=O)CCC/C=C\C/C=C\C/C=C\C=C\C(=O)CCCCC. The van der Waals surface area contributed by atoms with E-state index >= 15 is 0 Å². The molecule has 1 atom stereocenters. The minimum absolute atomic E-state index is 0.111. The zero-order valence-electron chi connectivity index (χ0n) is 28.9. The topological polar surface area (TPSA) is 89.9 Å². The van der Waals surface area contributed by atoms with E-state index in [1.807, 2.05) is 18.2 Å². The van der Waals surface area contributed by atoms with Crippen molar-refractivity contribution in [3.05, 3.63) is 48.6 Å². The van der Waals surface area contributed by atoms with Crippen LogP contribution in [0.2, 0.25) is 0 Å². The molecule has 0 heterocycles. The highest BCUT2D eigenvalue weighted by Crippen LogP contribution is 2.13. The molecule has 0 bridgehead atoms. The molecule has 258 valence electrons. The van der Waals surface area contributed by atoms with Crippen LogP contribution in [0.3, 0.4) is 0 Å². The Bertz CT molecular complexity index is 825. The summed E-state index contributed by atoms with van der Waals surface area (Å²) in [7, 11) is 0. The largest absolute Gasteiger partial charge is 0.462 e. The van der Waals surface area contributed by atoms with Crippen molar-refractivity contribution in [2.45, 2.75) is 168 Å². The van der Waals surface area contributed by atoms with Gasteiger partial charge in [0.15, 0.2) is 11.9 Å². The third-order valence-electron chi connectivity index (χ3n) is 7.60. The number of hydrogen-bond acceptors (Lipinski definition) is 6. The number of aliphatic hydroxyl groups excluding tert-OH is 1. The van der Waals surface area contributed by atoms with Gasteiger partial charge in [0.2, 0.25) is 0 Å². The van der Waals surface area contributed by atoms with Gasteiger partial charge in [-0.25, -0.2) is 0 Å². The van der Waals surface area contributed by atoms with Crippen molar-refractivity contribution in [1.29, 1.82) is 0 Å². The van der Waals surface area contributed by atoms with Gasteiger partial charge in [-0.15, -0.1) is 0 Å². The molecule has 0 aromatic carbocycles. The van der Waals surface area contributed by atoms with Gasteiger partial charge in [0.25, 0.3) is 0 Å². The lowest BCUT2D eigenvalue weighted by Crippen LogP contribution is -2.28. The van der Waals surface area contributed by atoms with Gasteiger partial charge in [0.05, 0.1) is 6.61 Å². The van der Waals surface area contributed by atoms with Crippen LogP contribution >= 0.6 is 0 Å². The van der Waals surface area contributed by atoms with Crippen LogP contribution in [-0.2, 0) is 23.9 Å². The molecule has 45 heavy (non-hydrogen) atoms. The fourth-order valence-electron chi connectivity index (χ4n) is 4.79. The van der Waals surface area contributed by atoms with Crippen LogP contribution in [0.5, 0.6) is 0 Å². The fourth-order valence-corrected chi connectivity index (χ4v) is 4.79. The molecule has 0 aliphatic heterocycles. The fraction of sp³-hybridized carbons (Fsp3) is 0.718. The Kier molecular flexibility index (Phi) is 32.5. The second kappa shape index (κ2) is 34.4. The smallest absolute Gasteiger partial charge is 0.306 e. The quantitative estimate of drug-likeness (QED) is 0.0261. The number of rotatable bonds is 32. The molecular weight excluding hydrogens is 564 g/mol. The lowest BCUT2D eigenvalue weighted by atomic mass is 10.0. The molecule has 0 amide bonds. The summed E-state index contributed by atoms with van der Waals surface area (Å²) in [5.41, 5.74) is 0. The Morgan fingerprint density at radius 1 is 0.578 bits per heavy atom. The van der Waals surface area contributed by atoms with Crippen LogP contribution in [0.25, 0.3) is 0 Å². The zero-order valence-corrected chi connectivity index (χ0v) is 28.9. The van der Waals surface area contributed by atoms with E-state index in [0.29, 0.717) is 19.3 Å². The first kappa shape index (κ1) is 42.5. The van der Waals surface area contributed by atoms with Crippen molar-refractivity contribution in [1.82, 2.24) is 0 Å². The van der Waals surface area contributed by atoms with Crippen LogP contribution in [-0.4, -0.2) is 42.1 Å². The molecule has 0 saturated carbocycles. The van der Waals surface area contributed by atoms with Gasteiger partial charge in [-0.1, -0.05) is 146 Å². The Balaban J connectivity index is 3.74. The highest BCUT2D eigenvalue weighted by Gasteiger charge is 2.16. The van der Waals surface area contributed by atoms with E-state index in [9.17, 15) is 19.5 Å². The lowest BCUT2D eigenvalue weighted by Gasteiger charge is -2.15. The van der Waals surface area contributed by atoms with Crippen LogP contribution < -0.4 is 0 Å². The van der Waals surface area contributed by atoms with Crippen LogP contribution in [0.1, 0.15) is 162 Å². The molecule has 0 aromatic rings. The molecule has 6 nitrogen and oxygen atoms in total. The van der Waals surface area contributed by atoms with Crippen molar-refractivity contribution in [3.63, 3.8) is 0 Å². The van der Waals surface area contributed by atoms with Crippen molar-refractivity contribution < 1.29 is 29.0 Å².